The van der Waals surface area contributed by atoms with Crippen LogP contribution in [-0.4, -0.2) is 15.6 Å². The second-order valence-corrected chi connectivity index (χ2v) is 1.96. The maximum absolute atomic E-state index is 12.3. The van der Waals surface area contributed by atoms with Gasteiger partial charge in [-0.1, -0.05) is 0 Å². The van der Waals surface area contributed by atoms with Gasteiger partial charge in [0.2, 0.25) is 0 Å². The molecule has 4 heteroatoms. The van der Waals surface area contributed by atoms with Crippen molar-refractivity contribution in [2.45, 2.75) is 0 Å². The van der Waals surface area contributed by atoms with Gasteiger partial charge in [0, 0.05) is 19.3 Å². The molecule has 0 atom stereocenters. The van der Waals surface area contributed by atoms with Crippen LogP contribution in [0.25, 0.3) is 0 Å². The van der Waals surface area contributed by atoms with Gasteiger partial charge in [-0.2, -0.15) is 0 Å². The van der Waals surface area contributed by atoms with Gasteiger partial charge in [-0.15, -0.1) is 0 Å². The second kappa shape index (κ2) is 2.13. The third-order valence-electron chi connectivity index (χ3n) is 1.19. The Kier molecular flexibility index (Phi) is 1.45. The van der Waals surface area contributed by atoms with Crippen LogP contribution in [0.15, 0.2) is 12.3 Å². The number of carbonyl (C=O) groups is 1. The molecule has 10 heavy (non-hydrogen) atoms. The number of hydrogen-bond donors (Lipinski definition) is 1. The summed E-state index contributed by atoms with van der Waals surface area (Å²) >= 11 is 0. The average Bonchev–Trinajstić information content (AvgIpc) is 2.10. The summed E-state index contributed by atoms with van der Waals surface area (Å²) in [5.41, 5.74) is -0.0440. The first kappa shape index (κ1) is 6.80. The molecule has 0 aliphatic rings. The molecule has 0 aliphatic carbocycles. The van der Waals surface area contributed by atoms with Crippen LogP contribution < -0.4 is 0 Å². The van der Waals surface area contributed by atoms with Crippen LogP contribution in [0.2, 0.25) is 0 Å². The van der Waals surface area contributed by atoms with Crippen molar-refractivity contribution in [3.63, 3.8) is 0 Å². The van der Waals surface area contributed by atoms with E-state index in [0.29, 0.717) is 0 Å². The van der Waals surface area contributed by atoms with Gasteiger partial charge < -0.3 is 9.67 Å². The number of aryl methyl sites for hydroxylation is 1. The molecule has 0 aliphatic heterocycles. The molecule has 0 radical (unpaired) electrons. The Hall–Kier alpha value is -1.32. The Balaban J connectivity index is 3.15. The molecule has 0 saturated heterocycles. The van der Waals surface area contributed by atoms with E-state index in [4.69, 9.17) is 5.11 Å². The first-order valence-electron chi connectivity index (χ1n) is 2.66. The van der Waals surface area contributed by atoms with Crippen LogP contribution >= 0.6 is 0 Å². The molecule has 3 nitrogen and oxygen atoms in total. The van der Waals surface area contributed by atoms with Crippen molar-refractivity contribution < 1.29 is 14.3 Å². The topological polar surface area (TPSA) is 42.2 Å². The molecule has 0 aromatic carbocycles. The number of rotatable bonds is 1. The number of aromatic nitrogens is 1. The number of halogens is 1. The van der Waals surface area contributed by atoms with Crippen LogP contribution in [0, 0.1) is 5.82 Å². The molecule has 1 aromatic heterocycles. The lowest BCUT2D eigenvalue weighted by Gasteiger charge is -1.92. The third-order valence-corrected chi connectivity index (χ3v) is 1.19. The molecular formula is C6H6FNO2. The summed E-state index contributed by atoms with van der Waals surface area (Å²) in [4.78, 5) is 10.2. The molecule has 1 rings (SSSR count). The first-order valence-corrected chi connectivity index (χ1v) is 2.66. The Bertz CT molecular complexity index is 267. The quantitative estimate of drug-likeness (QED) is 0.633. The van der Waals surface area contributed by atoms with E-state index < -0.39 is 11.8 Å². The average molecular weight is 143 g/mol. The Morgan fingerprint density at radius 3 is 2.60 bits per heavy atom. The minimum Gasteiger partial charge on any atom is -0.477 e. The molecule has 0 fully saturated rings. The van der Waals surface area contributed by atoms with Gasteiger partial charge in [-0.3, -0.25) is 0 Å². The Labute approximate surface area is 56.7 Å². The molecule has 0 saturated carbocycles. The summed E-state index contributed by atoms with van der Waals surface area (Å²) in [6.07, 6.45) is 1.11. The minimum atomic E-state index is -1.12. The van der Waals surface area contributed by atoms with Crippen LogP contribution in [-0.2, 0) is 7.05 Å². The maximum atomic E-state index is 12.3. The van der Waals surface area contributed by atoms with Gasteiger partial charge in [0.05, 0.1) is 0 Å². The van der Waals surface area contributed by atoms with E-state index >= 15 is 0 Å². The highest BCUT2D eigenvalue weighted by Crippen LogP contribution is 2.03. The summed E-state index contributed by atoms with van der Waals surface area (Å²) in [6.45, 7) is 0. The zero-order valence-corrected chi connectivity index (χ0v) is 5.34. The normalized spacial score (nSPS) is 9.80. The summed E-state index contributed by atoms with van der Waals surface area (Å²) in [7, 11) is 1.48. The van der Waals surface area contributed by atoms with Crippen LogP contribution in [0.3, 0.4) is 0 Å². The summed E-state index contributed by atoms with van der Waals surface area (Å²) < 4.78 is 13.5. The zero-order chi connectivity index (χ0) is 7.72. The SMILES string of the molecule is Cn1cc(F)cc1C(=O)O. The van der Waals surface area contributed by atoms with E-state index in [9.17, 15) is 9.18 Å². The van der Waals surface area contributed by atoms with Crippen molar-refractivity contribution in [1.82, 2.24) is 4.57 Å². The standard InChI is InChI=1S/C6H6FNO2/c1-8-3-4(7)2-5(8)6(9)10/h2-3H,1H3,(H,9,10). The van der Waals surface area contributed by atoms with Crippen molar-refractivity contribution in [2.24, 2.45) is 7.05 Å². The fraction of sp³-hybridized carbons (Fsp3) is 0.167. The number of carboxylic acid groups (broad SMARTS) is 1. The van der Waals surface area contributed by atoms with Gasteiger partial charge in [0.1, 0.15) is 11.5 Å². The lowest BCUT2D eigenvalue weighted by molar-refractivity contribution is 0.0686. The zero-order valence-electron chi connectivity index (χ0n) is 5.34. The summed E-state index contributed by atoms with van der Waals surface area (Å²) in [5, 5.41) is 8.39. The van der Waals surface area contributed by atoms with Crippen molar-refractivity contribution in [3.8, 4) is 0 Å². The van der Waals surface area contributed by atoms with Gasteiger partial charge in [-0.25, -0.2) is 9.18 Å². The highest BCUT2D eigenvalue weighted by Gasteiger charge is 2.08. The van der Waals surface area contributed by atoms with Gasteiger partial charge in [0.15, 0.2) is 0 Å². The predicted octanol–water partition coefficient (Wildman–Crippen LogP) is 0.862. The Morgan fingerprint density at radius 1 is 1.80 bits per heavy atom. The van der Waals surface area contributed by atoms with Crippen LogP contribution in [0.4, 0.5) is 4.39 Å². The number of aromatic carboxylic acids is 1. The highest BCUT2D eigenvalue weighted by atomic mass is 19.1. The molecule has 1 heterocycles. The lowest BCUT2D eigenvalue weighted by atomic mass is 10.4. The molecule has 54 valence electrons. The largest absolute Gasteiger partial charge is 0.477 e. The monoisotopic (exact) mass is 143 g/mol. The highest BCUT2D eigenvalue weighted by molar-refractivity contribution is 5.85. The van der Waals surface area contributed by atoms with Gasteiger partial charge in [-0.05, 0) is 0 Å². The van der Waals surface area contributed by atoms with E-state index in [1.54, 1.807) is 0 Å². The predicted molar refractivity (Wildman–Crippen MR) is 32.3 cm³/mol. The summed E-state index contributed by atoms with van der Waals surface area (Å²) in [5.74, 6) is -1.65. The van der Waals surface area contributed by atoms with Crippen molar-refractivity contribution in [1.29, 1.82) is 0 Å². The van der Waals surface area contributed by atoms with Crippen molar-refractivity contribution in [3.05, 3.63) is 23.8 Å². The van der Waals surface area contributed by atoms with E-state index in [-0.39, 0.29) is 5.69 Å². The molecule has 1 aromatic rings. The molecule has 1 N–H and O–H groups in total. The van der Waals surface area contributed by atoms with E-state index in [1.807, 2.05) is 0 Å². The number of nitrogens with zero attached hydrogens (tertiary/aromatic N) is 1. The molecular weight excluding hydrogens is 137 g/mol. The second-order valence-electron chi connectivity index (χ2n) is 1.96. The minimum absolute atomic E-state index is 0.0440. The third kappa shape index (κ3) is 1.00. The molecule has 0 spiro atoms. The smallest absolute Gasteiger partial charge is 0.352 e. The number of carboxylic acids is 1. The molecule has 0 unspecified atom stereocenters. The Morgan fingerprint density at radius 2 is 2.40 bits per heavy atom. The van der Waals surface area contributed by atoms with Gasteiger partial charge in [0.25, 0.3) is 0 Å². The molecule has 0 bridgehead atoms. The van der Waals surface area contributed by atoms with Gasteiger partial charge >= 0.3 is 5.97 Å². The van der Waals surface area contributed by atoms with Crippen LogP contribution in [0.1, 0.15) is 10.5 Å². The summed E-state index contributed by atoms with van der Waals surface area (Å²) in [6, 6.07) is 0.975. The fourth-order valence-electron chi connectivity index (χ4n) is 0.737. The van der Waals surface area contributed by atoms with Crippen LogP contribution in [0.5, 0.6) is 0 Å². The van der Waals surface area contributed by atoms with E-state index in [0.717, 1.165) is 12.3 Å². The van der Waals surface area contributed by atoms with Crippen molar-refractivity contribution >= 4 is 5.97 Å². The number of hydrogen-bond acceptors (Lipinski definition) is 1. The van der Waals surface area contributed by atoms with E-state index in [2.05, 4.69) is 0 Å². The lowest BCUT2D eigenvalue weighted by Crippen LogP contribution is -2.02. The molecule has 0 amide bonds. The van der Waals surface area contributed by atoms with Crippen molar-refractivity contribution in [2.75, 3.05) is 0 Å². The first-order chi connectivity index (χ1) is 4.61. The maximum Gasteiger partial charge on any atom is 0.352 e. The fourth-order valence-corrected chi connectivity index (χ4v) is 0.737. The van der Waals surface area contributed by atoms with E-state index in [1.165, 1.54) is 11.6 Å².